The summed E-state index contributed by atoms with van der Waals surface area (Å²) in [5.41, 5.74) is 1.04. The number of aromatic carboxylic acids is 1. The van der Waals surface area contributed by atoms with Crippen molar-refractivity contribution in [1.29, 1.82) is 0 Å². The SMILES string of the molecule is COc1cccc(N2CCN(c3nc(C(=O)O)co3)CC2)c1. The van der Waals surface area contributed by atoms with Crippen molar-refractivity contribution in [2.45, 2.75) is 0 Å². The monoisotopic (exact) mass is 303 g/mol. The number of piperazine rings is 1. The van der Waals surface area contributed by atoms with Crippen LogP contribution in [0, 0.1) is 0 Å². The zero-order valence-corrected chi connectivity index (χ0v) is 12.2. The van der Waals surface area contributed by atoms with Crippen LogP contribution in [0.25, 0.3) is 0 Å². The van der Waals surface area contributed by atoms with Crippen molar-refractivity contribution in [2.24, 2.45) is 0 Å². The second-order valence-corrected chi connectivity index (χ2v) is 5.00. The van der Waals surface area contributed by atoms with Gasteiger partial charge in [-0.2, -0.15) is 4.98 Å². The van der Waals surface area contributed by atoms with Crippen LogP contribution in [0.4, 0.5) is 11.7 Å². The van der Waals surface area contributed by atoms with E-state index < -0.39 is 5.97 Å². The van der Waals surface area contributed by atoms with E-state index in [1.807, 2.05) is 29.2 Å². The van der Waals surface area contributed by atoms with Gasteiger partial charge < -0.3 is 24.1 Å². The van der Waals surface area contributed by atoms with Crippen molar-refractivity contribution in [3.05, 3.63) is 36.2 Å². The summed E-state index contributed by atoms with van der Waals surface area (Å²) in [4.78, 5) is 19.0. The van der Waals surface area contributed by atoms with Crippen LogP contribution in [0.5, 0.6) is 5.75 Å². The number of carbonyl (C=O) groups is 1. The van der Waals surface area contributed by atoms with Crippen molar-refractivity contribution in [2.75, 3.05) is 43.1 Å². The van der Waals surface area contributed by atoms with E-state index in [9.17, 15) is 4.79 Å². The Morgan fingerprint density at radius 1 is 1.27 bits per heavy atom. The minimum Gasteiger partial charge on any atom is -0.497 e. The number of anilines is 2. The van der Waals surface area contributed by atoms with Gasteiger partial charge in [0.05, 0.1) is 7.11 Å². The lowest BCUT2D eigenvalue weighted by molar-refractivity contribution is 0.0690. The van der Waals surface area contributed by atoms with E-state index in [1.165, 1.54) is 6.26 Å². The minimum absolute atomic E-state index is 0.0646. The third-order valence-corrected chi connectivity index (χ3v) is 3.68. The van der Waals surface area contributed by atoms with E-state index in [0.29, 0.717) is 6.01 Å². The lowest BCUT2D eigenvalue weighted by Gasteiger charge is -2.35. The summed E-state index contributed by atoms with van der Waals surface area (Å²) in [6.07, 6.45) is 1.17. The first-order chi connectivity index (χ1) is 10.7. The minimum atomic E-state index is -1.08. The molecule has 0 unspecified atom stereocenters. The molecular weight excluding hydrogens is 286 g/mol. The van der Waals surface area contributed by atoms with Crippen LogP contribution >= 0.6 is 0 Å². The summed E-state index contributed by atoms with van der Waals surface area (Å²) in [7, 11) is 1.65. The molecule has 1 N–H and O–H groups in total. The Morgan fingerprint density at radius 2 is 2.00 bits per heavy atom. The highest BCUT2D eigenvalue weighted by Crippen LogP contribution is 2.23. The molecule has 0 saturated carbocycles. The molecule has 0 spiro atoms. The van der Waals surface area contributed by atoms with Crippen LogP contribution in [0.3, 0.4) is 0 Å². The van der Waals surface area contributed by atoms with Gasteiger partial charge >= 0.3 is 5.97 Å². The topological polar surface area (TPSA) is 79.0 Å². The Balaban J connectivity index is 1.65. The molecule has 0 radical (unpaired) electrons. The van der Waals surface area contributed by atoms with E-state index >= 15 is 0 Å². The molecule has 116 valence electrons. The molecule has 0 bridgehead atoms. The molecule has 7 heteroatoms. The lowest BCUT2D eigenvalue weighted by atomic mass is 10.2. The smallest absolute Gasteiger partial charge is 0.357 e. The van der Waals surface area contributed by atoms with Gasteiger partial charge in [-0.25, -0.2) is 4.79 Å². The Kier molecular flexibility index (Phi) is 3.86. The molecule has 0 aliphatic carbocycles. The predicted molar refractivity (Wildman–Crippen MR) is 80.9 cm³/mol. The van der Waals surface area contributed by atoms with Crippen LogP contribution in [0.1, 0.15) is 10.5 Å². The third-order valence-electron chi connectivity index (χ3n) is 3.68. The van der Waals surface area contributed by atoms with Gasteiger partial charge in [-0.3, -0.25) is 0 Å². The van der Waals surface area contributed by atoms with Gasteiger partial charge in [-0.05, 0) is 12.1 Å². The van der Waals surface area contributed by atoms with Crippen LogP contribution in [0.2, 0.25) is 0 Å². The summed E-state index contributed by atoms with van der Waals surface area (Å²) in [6, 6.07) is 8.30. The Morgan fingerprint density at radius 3 is 2.64 bits per heavy atom. The largest absolute Gasteiger partial charge is 0.497 e. The molecule has 2 heterocycles. The summed E-state index contributed by atoms with van der Waals surface area (Å²) in [5.74, 6) is -0.247. The number of hydrogen-bond donors (Lipinski definition) is 1. The van der Waals surface area contributed by atoms with Crippen LogP contribution < -0.4 is 14.5 Å². The first-order valence-corrected chi connectivity index (χ1v) is 7.00. The second kappa shape index (κ2) is 5.97. The number of hydrogen-bond acceptors (Lipinski definition) is 6. The first-order valence-electron chi connectivity index (χ1n) is 7.00. The quantitative estimate of drug-likeness (QED) is 0.921. The fourth-order valence-electron chi connectivity index (χ4n) is 2.47. The molecule has 22 heavy (non-hydrogen) atoms. The average Bonchev–Trinajstić information content (AvgIpc) is 3.05. The van der Waals surface area contributed by atoms with E-state index in [2.05, 4.69) is 9.88 Å². The fraction of sp³-hybridized carbons (Fsp3) is 0.333. The number of aromatic nitrogens is 1. The highest BCUT2D eigenvalue weighted by Gasteiger charge is 2.22. The number of nitrogens with zero attached hydrogens (tertiary/aromatic N) is 3. The number of benzene rings is 1. The molecule has 2 aromatic rings. The summed E-state index contributed by atoms with van der Waals surface area (Å²) in [6.45, 7) is 3.05. The van der Waals surface area contributed by atoms with Crippen molar-refractivity contribution in [3.8, 4) is 5.75 Å². The van der Waals surface area contributed by atoms with Gasteiger partial charge in [0.25, 0.3) is 6.01 Å². The molecule has 7 nitrogen and oxygen atoms in total. The van der Waals surface area contributed by atoms with Crippen molar-refractivity contribution in [1.82, 2.24) is 4.98 Å². The summed E-state index contributed by atoms with van der Waals surface area (Å²) in [5, 5.41) is 8.88. The molecule has 3 rings (SSSR count). The Bertz CT molecular complexity index is 662. The third kappa shape index (κ3) is 2.83. The first kappa shape index (κ1) is 14.2. The zero-order chi connectivity index (χ0) is 15.5. The lowest BCUT2D eigenvalue weighted by Crippen LogP contribution is -2.46. The Labute approximate surface area is 127 Å². The van der Waals surface area contributed by atoms with Gasteiger partial charge in [0, 0.05) is 37.9 Å². The molecule has 0 atom stereocenters. The van der Waals surface area contributed by atoms with Gasteiger partial charge in [-0.15, -0.1) is 0 Å². The summed E-state index contributed by atoms with van der Waals surface area (Å²) < 4.78 is 10.5. The predicted octanol–water partition coefficient (Wildman–Crippen LogP) is 1.71. The molecule has 0 amide bonds. The maximum atomic E-state index is 10.8. The highest BCUT2D eigenvalue weighted by atomic mass is 16.5. The second-order valence-electron chi connectivity index (χ2n) is 5.00. The average molecular weight is 303 g/mol. The number of carboxylic acids is 1. The van der Waals surface area contributed by atoms with Gasteiger partial charge in [-0.1, -0.05) is 6.07 Å². The number of oxazole rings is 1. The molecule has 1 aromatic carbocycles. The van der Waals surface area contributed by atoms with E-state index in [1.54, 1.807) is 7.11 Å². The fourth-order valence-corrected chi connectivity index (χ4v) is 2.47. The molecule has 1 saturated heterocycles. The number of ether oxygens (including phenoxy) is 1. The maximum Gasteiger partial charge on any atom is 0.357 e. The Hall–Kier alpha value is -2.70. The molecule has 1 aliphatic rings. The van der Waals surface area contributed by atoms with E-state index in [-0.39, 0.29) is 5.69 Å². The van der Waals surface area contributed by atoms with Crippen LogP contribution in [0.15, 0.2) is 34.9 Å². The van der Waals surface area contributed by atoms with Gasteiger partial charge in [0.1, 0.15) is 12.0 Å². The van der Waals surface area contributed by atoms with Crippen LogP contribution in [-0.2, 0) is 0 Å². The highest BCUT2D eigenvalue weighted by molar-refractivity contribution is 5.85. The zero-order valence-electron chi connectivity index (χ0n) is 12.2. The van der Waals surface area contributed by atoms with Gasteiger partial charge in [0.2, 0.25) is 0 Å². The standard InChI is InChI=1S/C15H17N3O4/c1-21-12-4-2-3-11(9-12)17-5-7-18(8-6-17)15-16-13(10-22-15)14(19)20/h2-4,9-10H,5-8H2,1H3,(H,19,20). The number of carboxylic acid groups (broad SMARTS) is 1. The number of rotatable bonds is 4. The molecule has 1 aliphatic heterocycles. The van der Waals surface area contributed by atoms with Gasteiger partial charge in [0.15, 0.2) is 5.69 Å². The van der Waals surface area contributed by atoms with E-state index in [0.717, 1.165) is 37.6 Å². The molecule has 1 fully saturated rings. The summed E-state index contributed by atoms with van der Waals surface area (Å²) >= 11 is 0. The van der Waals surface area contributed by atoms with Crippen molar-refractivity contribution >= 4 is 17.7 Å². The van der Waals surface area contributed by atoms with Crippen LogP contribution in [-0.4, -0.2) is 49.3 Å². The van der Waals surface area contributed by atoms with Crippen molar-refractivity contribution < 1.29 is 19.1 Å². The number of methoxy groups -OCH3 is 1. The van der Waals surface area contributed by atoms with E-state index in [4.69, 9.17) is 14.3 Å². The normalized spacial score (nSPS) is 15.0. The molecule has 1 aromatic heterocycles. The maximum absolute atomic E-state index is 10.8. The molecular formula is C15H17N3O4. The van der Waals surface area contributed by atoms with Crippen molar-refractivity contribution in [3.63, 3.8) is 0 Å².